The number of anilines is 2. The highest BCUT2D eigenvalue weighted by Gasteiger charge is 2.41. The van der Waals surface area contributed by atoms with Gasteiger partial charge in [0.1, 0.15) is 11.6 Å². The third-order valence-electron chi connectivity index (χ3n) is 6.07. The van der Waals surface area contributed by atoms with Crippen LogP contribution < -0.4 is 21.1 Å². The van der Waals surface area contributed by atoms with Crippen molar-refractivity contribution in [1.82, 2.24) is 4.90 Å². The summed E-state index contributed by atoms with van der Waals surface area (Å²) in [7, 11) is 0. The third-order valence-corrected chi connectivity index (χ3v) is 6.37. The summed E-state index contributed by atoms with van der Waals surface area (Å²) in [6.07, 6.45) is -2.55. The average Bonchev–Trinajstić information content (AvgIpc) is 2.80. The molecule has 37 heavy (non-hydrogen) atoms. The minimum absolute atomic E-state index is 0.00329. The van der Waals surface area contributed by atoms with Crippen LogP contribution in [0.15, 0.2) is 42.5 Å². The van der Waals surface area contributed by atoms with Crippen molar-refractivity contribution < 1.29 is 36.6 Å². The van der Waals surface area contributed by atoms with Gasteiger partial charge in [0.25, 0.3) is 0 Å². The number of piperidine rings is 1. The van der Waals surface area contributed by atoms with Crippen LogP contribution in [-0.4, -0.2) is 55.5 Å². The minimum atomic E-state index is -4.99. The molecular weight excluding hydrogens is 520 g/mol. The molecule has 13 heteroatoms. The minimum Gasteiger partial charge on any atom is -0.404 e. The van der Waals surface area contributed by atoms with E-state index < -0.39 is 23.2 Å². The number of halogens is 5. The number of hydrogen-bond acceptors (Lipinski definition) is 5. The van der Waals surface area contributed by atoms with Crippen molar-refractivity contribution in [2.75, 3.05) is 36.9 Å². The number of hydrogen-bond donors (Lipinski definition) is 3. The van der Waals surface area contributed by atoms with Crippen LogP contribution in [0.3, 0.4) is 0 Å². The molecule has 2 bridgehead atoms. The number of nitrogens with two attached hydrogens (primary N) is 1. The number of nitrogens with zero attached hydrogens (tertiary/aromatic N) is 1. The summed E-state index contributed by atoms with van der Waals surface area (Å²) in [6.45, 7) is 1.58. The summed E-state index contributed by atoms with van der Waals surface area (Å²) in [6, 6.07) is 7.06. The lowest BCUT2D eigenvalue weighted by atomic mass is 9.82. The van der Waals surface area contributed by atoms with E-state index in [1.54, 1.807) is 17.0 Å². The first-order valence-electron chi connectivity index (χ1n) is 11.2. The van der Waals surface area contributed by atoms with Gasteiger partial charge in [-0.05, 0) is 42.5 Å². The molecule has 3 atom stereocenters. The lowest BCUT2D eigenvalue weighted by molar-refractivity contribution is -0.274. The van der Waals surface area contributed by atoms with E-state index in [0.717, 1.165) is 17.8 Å². The molecule has 0 saturated carbocycles. The first kappa shape index (κ1) is 26.6. The zero-order valence-corrected chi connectivity index (χ0v) is 20.0. The normalized spacial score (nSPS) is 21.5. The molecule has 198 valence electrons. The molecule has 2 aromatic carbocycles. The second-order valence-corrected chi connectivity index (χ2v) is 9.13. The summed E-state index contributed by atoms with van der Waals surface area (Å²) in [5.41, 5.74) is 5.94. The van der Waals surface area contributed by atoms with Gasteiger partial charge in [0, 0.05) is 48.3 Å². The van der Waals surface area contributed by atoms with Crippen LogP contribution >= 0.6 is 11.6 Å². The maximum atomic E-state index is 13.2. The van der Waals surface area contributed by atoms with E-state index in [2.05, 4.69) is 15.4 Å². The zero-order valence-electron chi connectivity index (χ0n) is 19.2. The first-order valence-corrected chi connectivity index (χ1v) is 11.6. The molecule has 2 aromatic rings. The number of rotatable bonds is 6. The molecule has 4 N–H and O–H groups in total. The molecule has 4 rings (SSSR count). The van der Waals surface area contributed by atoms with Crippen molar-refractivity contribution >= 4 is 41.0 Å². The van der Waals surface area contributed by atoms with E-state index in [0.29, 0.717) is 26.3 Å². The van der Waals surface area contributed by atoms with Crippen molar-refractivity contribution in [2.24, 2.45) is 17.6 Å². The standard InChI is InChI=1S/C24H23ClF4N4O4/c25-18-8-19(32-23(30)35)13(7-20(18)37-24(27,28)29)1-6-21(34)33-9-14-11-36-12-15(10-33)22(14)31-17-4-2-16(26)3-5-17/h1-8,14-15,22,31H,9-12H2,(H3,30,32,35)/t14-,15+,22?. The quantitative estimate of drug-likeness (QED) is 0.369. The SMILES string of the molecule is NC(=O)Nc1cc(Cl)c(OC(F)(F)F)cc1C=CC(=O)N1C[C@H]2COC[C@@H](C1)C2Nc1ccc(F)cc1. The fourth-order valence-corrected chi connectivity index (χ4v) is 4.71. The largest absolute Gasteiger partial charge is 0.573 e. The molecular formula is C24H23ClF4N4O4. The first-order chi connectivity index (χ1) is 17.5. The second-order valence-electron chi connectivity index (χ2n) is 8.72. The number of carbonyl (C=O) groups is 2. The van der Waals surface area contributed by atoms with Crippen LogP contribution in [0.2, 0.25) is 5.02 Å². The Morgan fingerprint density at radius 2 is 1.78 bits per heavy atom. The van der Waals surface area contributed by atoms with Crippen LogP contribution in [0.5, 0.6) is 5.75 Å². The molecule has 0 spiro atoms. The van der Waals surface area contributed by atoms with Gasteiger partial charge in [0.15, 0.2) is 0 Å². The highest BCUT2D eigenvalue weighted by molar-refractivity contribution is 6.32. The molecule has 0 aromatic heterocycles. The van der Waals surface area contributed by atoms with E-state index in [-0.39, 0.29) is 40.9 Å². The van der Waals surface area contributed by atoms with Crippen LogP contribution in [0, 0.1) is 17.7 Å². The Labute approximate surface area is 214 Å². The molecule has 2 aliphatic rings. The Balaban J connectivity index is 1.50. The molecule has 2 heterocycles. The highest BCUT2D eigenvalue weighted by atomic mass is 35.5. The Kier molecular flexibility index (Phi) is 7.79. The number of fused-ring (bicyclic) bond motifs is 2. The maximum Gasteiger partial charge on any atom is 0.573 e. The summed E-state index contributed by atoms with van der Waals surface area (Å²) < 4.78 is 61.1. The average molecular weight is 543 g/mol. The molecule has 2 saturated heterocycles. The van der Waals surface area contributed by atoms with E-state index in [1.807, 2.05) is 0 Å². The fraction of sp³-hybridized carbons (Fsp3) is 0.333. The fourth-order valence-electron chi connectivity index (χ4n) is 4.51. The molecule has 1 unspecified atom stereocenters. The number of alkyl halides is 3. The highest BCUT2D eigenvalue weighted by Crippen LogP contribution is 2.36. The summed E-state index contributed by atoms with van der Waals surface area (Å²) in [5, 5.41) is 5.27. The molecule has 2 fully saturated rings. The van der Waals surface area contributed by atoms with E-state index in [1.165, 1.54) is 24.3 Å². The Morgan fingerprint density at radius 1 is 1.14 bits per heavy atom. The number of amides is 3. The summed E-state index contributed by atoms with van der Waals surface area (Å²) in [4.78, 5) is 26.0. The van der Waals surface area contributed by atoms with Crippen LogP contribution in [0.25, 0.3) is 6.08 Å². The van der Waals surface area contributed by atoms with Crippen molar-refractivity contribution in [3.8, 4) is 5.75 Å². The van der Waals surface area contributed by atoms with Gasteiger partial charge < -0.3 is 30.7 Å². The lowest BCUT2D eigenvalue weighted by Crippen LogP contribution is -2.59. The smallest absolute Gasteiger partial charge is 0.404 e. The molecule has 3 amide bonds. The number of carbonyl (C=O) groups excluding carboxylic acids is 2. The van der Waals surface area contributed by atoms with Gasteiger partial charge in [-0.3, -0.25) is 4.79 Å². The Hall–Kier alpha value is -3.51. The van der Waals surface area contributed by atoms with Crippen molar-refractivity contribution in [3.63, 3.8) is 0 Å². The second kappa shape index (κ2) is 10.9. The van der Waals surface area contributed by atoms with Gasteiger partial charge in [-0.2, -0.15) is 0 Å². The van der Waals surface area contributed by atoms with Gasteiger partial charge >= 0.3 is 12.4 Å². The van der Waals surface area contributed by atoms with Crippen molar-refractivity contribution in [1.29, 1.82) is 0 Å². The molecule has 2 aliphatic heterocycles. The van der Waals surface area contributed by atoms with Gasteiger partial charge in [-0.25, -0.2) is 9.18 Å². The van der Waals surface area contributed by atoms with Gasteiger partial charge in [0.05, 0.1) is 23.9 Å². The number of urea groups is 1. The molecule has 8 nitrogen and oxygen atoms in total. The van der Waals surface area contributed by atoms with Crippen molar-refractivity contribution in [2.45, 2.75) is 12.4 Å². The lowest BCUT2D eigenvalue weighted by Gasteiger charge is -2.47. The van der Waals surface area contributed by atoms with E-state index in [4.69, 9.17) is 22.1 Å². The zero-order chi connectivity index (χ0) is 26.7. The van der Waals surface area contributed by atoms with E-state index in [9.17, 15) is 27.2 Å². The van der Waals surface area contributed by atoms with Crippen LogP contribution in [-0.2, 0) is 9.53 Å². The number of nitrogens with one attached hydrogen (secondary N) is 2. The monoisotopic (exact) mass is 542 g/mol. The number of benzene rings is 2. The predicted molar refractivity (Wildman–Crippen MR) is 129 cm³/mol. The third kappa shape index (κ3) is 6.83. The summed E-state index contributed by atoms with van der Waals surface area (Å²) >= 11 is 5.86. The number of likely N-dealkylation sites (tertiary alicyclic amines) is 1. The Bertz CT molecular complexity index is 1180. The van der Waals surface area contributed by atoms with Gasteiger partial charge in [0.2, 0.25) is 5.91 Å². The van der Waals surface area contributed by atoms with Gasteiger partial charge in [-0.15, -0.1) is 13.2 Å². The van der Waals surface area contributed by atoms with Gasteiger partial charge in [-0.1, -0.05) is 11.6 Å². The van der Waals surface area contributed by atoms with Crippen molar-refractivity contribution in [3.05, 3.63) is 58.9 Å². The number of ether oxygens (including phenoxy) is 2. The number of primary amides is 1. The topological polar surface area (TPSA) is 106 Å². The molecule has 0 aliphatic carbocycles. The van der Waals surface area contributed by atoms with Crippen LogP contribution in [0.1, 0.15) is 5.56 Å². The maximum absolute atomic E-state index is 13.2. The predicted octanol–water partition coefficient (Wildman–Crippen LogP) is 4.47. The Morgan fingerprint density at radius 3 is 2.38 bits per heavy atom. The van der Waals surface area contributed by atoms with Crippen LogP contribution in [0.4, 0.5) is 33.7 Å². The van der Waals surface area contributed by atoms with E-state index >= 15 is 0 Å². The molecule has 0 radical (unpaired) electrons. The summed E-state index contributed by atoms with van der Waals surface area (Å²) in [5.74, 6) is -1.49.